The van der Waals surface area contributed by atoms with Crippen molar-refractivity contribution >= 4 is 5.97 Å². The minimum absolute atomic E-state index is 0.0238. The lowest BCUT2D eigenvalue weighted by Gasteiger charge is -2.24. The molecule has 1 aliphatic rings. The lowest BCUT2D eigenvalue weighted by molar-refractivity contribution is -0.146. The monoisotopic (exact) mass is 363 g/mol. The minimum atomic E-state index is -0.530. The second kappa shape index (κ2) is 9.05. The van der Waals surface area contributed by atoms with Crippen LogP contribution in [0.15, 0.2) is 24.8 Å². The zero-order valence-corrected chi connectivity index (χ0v) is 16.0. The van der Waals surface area contributed by atoms with Gasteiger partial charge < -0.3 is 19.3 Å². The van der Waals surface area contributed by atoms with Gasteiger partial charge in [0, 0.05) is 25.1 Å². The van der Waals surface area contributed by atoms with Gasteiger partial charge in [-0.05, 0) is 31.9 Å². The van der Waals surface area contributed by atoms with Crippen molar-refractivity contribution in [2.75, 3.05) is 20.8 Å². The Balaban J connectivity index is 2.32. The molecule has 1 aromatic carbocycles. The molecule has 1 aliphatic heterocycles. The number of rotatable bonds is 8. The van der Waals surface area contributed by atoms with Gasteiger partial charge in [-0.2, -0.15) is 0 Å². The molecule has 0 amide bonds. The van der Waals surface area contributed by atoms with Crippen LogP contribution in [0.4, 0.5) is 0 Å². The Morgan fingerprint density at radius 2 is 2.15 bits per heavy atom. The maximum absolute atomic E-state index is 12.0. The summed E-state index contributed by atoms with van der Waals surface area (Å²) < 4.78 is 16.3. The van der Waals surface area contributed by atoms with Gasteiger partial charge in [0.2, 0.25) is 0 Å². The molecule has 1 aromatic rings. The number of methoxy groups -OCH3 is 2. The summed E-state index contributed by atoms with van der Waals surface area (Å²) in [6.45, 7) is 8.71. The van der Waals surface area contributed by atoms with Crippen molar-refractivity contribution < 1.29 is 24.1 Å². The van der Waals surface area contributed by atoms with Gasteiger partial charge in [0.15, 0.2) is 11.5 Å². The van der Waals surface area contributed by atoms with E-state index in [2.05, 4.69) is 6.58 Å². The molecule has 0 bridgehead atoms. The predicted molar refractivity (Wildman–Crippen MR) is 99.5 cm³/mol. The summed E-state index contributed by atoms with van der Waals surface area (Å²) in [5.74, 6) is 1.05. The van der Waals surface area contributed by atoms with Gasteiger partial charge >= 0.3 is 5.97 Å². The Kier molecular flexibility index (Phi) is 7.06. The fourth-order valence-corrected chi connectivity index (χ4v) is 3.31. The highest BCUT2D eigenvalue weighted by Crippen LogP contribution is 2.35. The van der Waals surface area contributed by atoms with E-state index in [9.17, 15) is 9.90 Å². The molecule has 2 rings (SSSR count). The Hall–Kier alpha value is -2.05. The van der Waals surface area contributed by atoms with E-state index in [1.54, 1.807) is 7.11 Å². The summed E-state index contributed by atoms with van der Waals surface area (Å²) in [5, 5.41) is 9.97. The Morgan fingerprint density at radius 1 is 1.42 bits per heavy atom. The summed E-state index contributed by atoms with van der Waals surface area (Å²) in [6.07, 6.45) is 2.35. The predicted octanol–water partition coefficient (Wildman–Crippen LogP) is 2.32. The molecule has 0 radical (unpaired) electrons. The molecule has 2 atom stereocenters. The van der Waals surface area contributed by atoms with Crippen LogP contribution in [0.25, 0.3) is 0 Å². The number of nitrogens with zero attached hydrogens (tertiary/aromatic N) is 1. The van der Waals surface area contributed by atoms with Crippen molar-refractivity contribution in [3.8, 4) is 11.5 Å². The highest BCUT2D eigenvalue weighted by Gasteiger charge is 2.36. The number of likely N-dealkylation sites (tertiary alicyclic amines) is 1. The van der Waals surface area contributed by atoms with E-state index in [0.717, 1.165) is 16.9 Å². The zero-order chi connectivity index (χ0) is 19.3. The van der Waals surface area contributed by atoms with Crippen LogP contribution in [-0.4, -0.2) is 55.0 Å². The maximum Gasteiger partial charge on any atom is 0.323 e. The van der Waals surface area contributed by atoms with Crippen molar-refractivity contribution in [3.05, 3.63) is 35.9 Å². The highest BCUT2D eigenvalue weighted by atomic mass is 16.5. The molecule has 26 heavy (non-hydrogen) atoms. The molecule has 144 valence electrons. The van der Waals surface area contributed by atoms with Crippen molar-refractivity contribution in [2.45, 2.75) is 51.5 Å². The van der Waals surface area contributed by atoms with E-state index < -0.39 is 12.1 Å². The molecule has 0 saturated carbocycles. The fraction of sp³-hybridized carbons (Fsp3) is 0.550. The summed E-state index contributed by atoms with van der Waals surface area (Å²) >= 11 is 0. The molecular weight excluding hydrogens is 334 g/mol. The first-order valence-corrected chi connectivity index (χ1v) is 8.86. The molecule has 0 aromatic heterocycles. The lowest BCUT2D eigenvalue weighted by atomic mass is 10.0. The molecule has 1 saturated heterocycles. The molecule has 1 heterocycles. The molecule has 0 unspecified atom stereocenters. The zero-order valence-electron chi connectivity index (χ0n) is 16.0. The normalized spacial score (nSPS) is 20.2. The second-order valence-electron chi connectivity index (χ2n) is 6.80. The first kappa shape index (κ1) is 20.3. The van der Waals surface area contributed by atoms with Gasteiger partial charge in [-0.25, -0.2) is 0 Å². The van der Waals surface area contributed by atoms with Crippen molar-refractivity contribution in [3.63, 3.8) is 0 Å². The van der Waals surface area contributed by atoms with Crippen LogP contribution < -0.4 is 9.47 Å². The second-order valence-corrected chi connectivity index (χ2v) is 6.80. The van der Waals surface area contributed by atoms with E-state index in [1.807, 2.05) is 37.0 Å². The Morgan fingerprint density at radius 3 is 2.73 bits per heavy atom. The van der Waals surface area contributed by atoms with Crippen LogP contribution in [0.3, 0.4) is 0 Å². The van der Waals surface area contributed by atoms with E-state index in [0.29, 0.717) is 31.7 Å². The quantitative estimate of drug-likeness (QED) is 0.565. The maximum atomic E-state index is 12.0. The number of hydrogen-bond acceptors (Lipinski definition) is 6. The summed E-state index contributed by atoms with van der Waals surface area (Å²) in [5.41, 5.74) is 1.97. The lowest BCUT2D eigenvalue weighted by Crippen LogP contribution is -2.36. The number of hydrogen-bond donors (Lipinski definition) is 1. The van der Waals surface area contributed by atoms with Gasteiger partial charge in [0.1, 0.15) is 6.04 Å². The largest absolute Gasteiger partial charge is 0.493 e. The summed E-state index contributed by atoms with van der Waals surface area (Å²) in [4.78, 5) is 13.9. The number of allylic oxidation sites excluding steroid dienone is 1. The number of carbonyl (C=O) groups excluding carboxylic acids is 1. The number of β-amino-alcohol motifs (C(OH)–C–C–N with tert-alkyl or cyclic N) is 1. The third-order valence-corrected chi connectivity index (χ3v) is 4.37. The highest BCUT2D eigenvalue weighted by molar-refractivity contribution is 5.76. The average Bonchev–Trinajstić information content (AvgIpc) is 2.96. The third-order valence-electron chi connectivity index (χ3n) is 4.37. The first-order valence-electron chi connectivity index (χ1n) is 8.86. The number of carbonyl (C=O) groups is 1. The third kappa shape index (κ3) is 4.77. The summed E-state index contributed by atoms with van der Waals surface area (Å²) in [6, 6.07) is 3.53. The molecule has 6 heteroatoms. The van der Waals surface area contributed by atoms with Crippen LogP contribution >= 0.6 is 0 Å². The smallest absolute Gasteiger partial charge is 0.323 e. The van der Waals surface area contributed by atoms with Crippen LogP contribution in [0.5, 0.6) is 11.5 Å². The van der Waals surface area contributed by atoms with E-state index in [-0.39, 0.29) is 12.1 Å². The van der Waals surface area contributed by atoms with Gasteiger partial charge in [0.05, 0.1) is 26.4 Å². The summed E-state index contributed by atoms with van der Waals surface area (Å²) in [7, 11) is 2.98. The first-order chi connectivity index (χ1) is 12.4. The molecule has 1 N–H and O–H groups in total. The molecule has 1 fully saturated rings. The standard InChI is InChI=1S/C20H29NO5/c1-6-7-15-8-14(9-18(24-4)19(15)26-13(2)3)11-21-12-16(22)10-17(21)20(23)25-5/h6,8-9,13,16-17,22H,1,7,10-12H2,2-5H3/t16-,17+/m1/s1. The van der Waals surface area contributed by atoms with Crippen LogP contribution in [0.2, 0.25) is 0 Å². The topological polar surface area (TPSA) is 68.2 Å². The molecule has 6 nitrogen and oxygen atoms in total. The van der Waals surface area contributed by atoms with Crippen LogP contribution in [0, 0.1) is 0 Å². The number of ether oxygens (including phenoxy) is 3. The fourth-order valence-electron chi connectivity index (χ4n) is 3.31. The van der Waals surface area contributed by atoms with Gasteiger partial charge in [0.25, 0.3) is 0 Å². The van der Waals surface area contributed by atoms with E-state index >= 15 is 0 Å². The van der Waals surface area contributed by atoms with Gasteiger partial charge in [-0.15, -0.1) is 6.58 Å². The molecule has 0 spiro atoms. The molecule has 0 aliphatic carbocycles. The number of benzene rings is 1. The van der Waals surface area contributed by atoms with Crippen molar-refractivity contribution in [1.82, 2.24) is 4.90 Å². The number of esters is 1. The van der Waals surface area contributed by atoms with Crippen molar-refractivity contribution in [2.24, 2.45) is 0 Å². The SMILES string of the molecule is C=CCc1cc(CN2C[C@H](O)C[C@H]2C(=O)OC)cc(OC)c1OC(C)C. The number of aliphatic hydroxyl groups is 1. The van der Waals surface area contributed by atoms with Gasteiger partial charge in [-0.3, -0.25) is 9.69 Å². The Labute approximate surface area is 155 Å². The average molecular weight is 363 g/mol. The van der Waals surface area contributed by atoms with E-state index in [1.165, 1.54) is 7.11 Å². The minimum Gasteiger partial charge on any atom is -0.493 e. The van der Waals surface area contributed by atoms with Crippen LogP contribution in [0.1, 0.15) is 31.4 Å². The molecular formula is C20H29NO5. The van der Waals surface area contributed by atoms with Crippen LogP contribution in [-0.2, 0) is 22.5 Å². The number of aliphatic hydroxyl groups excluding tert-OH is 1. The Bertz CT molecular complexity index is 643. The van der Waals surface area contributed by atoms with Crippen molar-refractivity contribution in [1.29, 1.82) is 0 Å². The van der Waals surface area contributed by atoms with Gasteiger partial charge in [-0.1, -0.05) is 12.1 Å². The van der Waals surface area contributed by atoms with E-state index in [4.69, 9.17) is 14.2 Å².